The van der Waals surface area contributed by atoms with Crippen LogP contribution in [0.3, 0.4) is 0 Å². The highest BCUT2D eigenvalue weighted by atomic mass is 19.4. The van der Waals surface area contributed by atoms with E-state index in [4.69, 9.17) is 4.74 Å². The molecule has 0 aliphatic carbocycles. The maximum Gasteiger partial charge on any atom is 0.411 e. The van der Waals surface area contributed by atoms with Crippen LogP contribution < -0.4 is 10.1 Å². The number of nitrogens with one attached hydrogen (secondary N) is 1. The number of alkyl halides is 3. The van der Waals surface area contributed by atoms with E-state index in [1.54, 1.807) is 20.2 Å². The van der Waals surface area contributed by atoms with Crippen molar-refractivity contribution in [2.45, 2.75) is 19.1 Å². The van der Waals surface area contributed by atoms with Crippen LogP contribution in [0.1, 0.15) is 17.2 Å². The standard InChI is InChI=1S/C13H18F3NO2/c1-9-6-10(4-5-12(9)18-3)11(17-2)7-19-8-13(14,15)16/h4-6,11,17H,7-8H2,1-3H3. The molecule has 0 saturated heterocycles. The summed E-state index contributed by atoms with van der Waals surface area (Å²) in [7, 11) is 3.26. The maximum atomic E-state index is 12.0. The molecule has 0 heterocycles. The largest absolute Gasteiger partial charge is 0.496 e. The zero-order valence-corrected chi connectivity index (χ0v) is 11.2. The quantitative estimate of drug-likeness (QED) is 0.867. The summed E-state index contributed by atoms with van der Waals surface area (Å²) in [6.07, 6.45) is -4.30. The molecule has 0 fully saturated rings. The molecule has 1 aromatic rings. The highest BCUT2D eigenvalue weighted by molar-refractivity contribution is 5.37. The Morgan fingerprint density at radius 2 is 2.00 bits per heavy atom. The van der Waals surface area contributed by atoms with Crippen LogP contribution in [0.5, 0.6) is 5.75 Å². The molecule has 3 nitrogen and oxygen atoms in total. The first-order chi connectivity index (χ1) is 8.87. The normalized spacial score (nSPS) is 13.4. The summed E-state index contributed by atoms with van der Waals surface area (Å²) in [5, 5.41) is 2.94. The van der Waals surface area contributed by atoms with Crippen LogP contribution in [0.25, 0.3) is 0 Å². The maximum absolute atomic E-state index is 12.0. The SMILES string of the molecule is CNC(COCC(F)(F)F)c1ccc(OC)c(C)c1. The molecule has 1 aromatic carbocycles. The molecule has 0 aromatic heterocycles. The summed E-state index contributed by atoms with van der Waals surface area (Å²) in [6, 6.07) is 5.19. The third-order valence-electron chi connectivity index (χ3n) is 2.72. The van der Waals surface area contributed by atoms with E-state index in [1.807, 2.05) is 19.1 Å². The second-order valence-corrected chi connectivity index (χ2v) is 4.20. The Balaban J connectivity index is 2.67. The van der Waals surface area contributed by atoms with Gasteiger partial charge in [-0.1, -0.05) is 12.1 Å². The first-order valence-electron chi connectivity index (χ1n) is 5.83. The van der Waals surface area contributed by atoms with E-state index in [2.05, 4.69) is 10.1 Å². The number of hydrogen-bond acceptors (Lipinski definition) is 3. The molecule has 1 unspecified atom stereocenters. The molecule has 108 valence electrons. The Kier molecular flexibility index (Phi) is 5.62. The van der Waals surface area contributed by atoms with Crippen molar-refractivity contribution in [2.24, 2.45) is 0 Å². The van der Waals surface area contributed by atoms with Gasteiger partial charge in [0, 0.05) is 0 Å². The second-order valence-electron chi connectivity index (χ2n) is 4.20. The summed E-state index contributed by atoms with van der Waals surface area (Å²) in [5.74, 6) is 0.745. The smallest absolute Gasteiger partial charge is 0.411 e. The summed E-state index contributed by atoms with van der Waals surface area (Å²) >= 11 is 0. The molecule has 1 atom stereocenters. The first-order valence-corrected chi connectivity index (χ1v) is 5.83. The van der Waals surface area contributed by atoms with E-state index in [-0.39, 0.29) is 12.6 Å². The molecule has 0 aliphatic heterocycles. The molecule has 0 saturated carbocycles. The average Bonchev–Trinajstić information content (AvgIpc) is 2.33. The lowest BCUT2D eigenvalue weighted by molar-refractivity contribution is -0.175. The van der Waals surface area contributed by atoms with Gasteiger partial charge in [0.15, 0.2) is 0 Å². The van der Waals surface area contributed by atoms with E-state index in [0.29, 0.717) is 0 Å². The van der Waals surface area contributed by atoms with Crippen molar-refractivity contribution in [3.8, 4) is 5.75 Å². The fourth-order valence-corrected chi connectivity index (χ4v) is 1.76. The van der Waals surface area contributed by atoms with E-state index in [1.165, 1.54) is 0 Å². The molecule has 1 N–H and O–H groups in total. The molecule has 0 aliphatic rings. The molecular formula is C13H18F3NO2. The van der Waals surface area contributed by atoms with E-state index < -0.39 is 12.8 Å². The summed E-state index contributed by atoms with van der Waals surface area (Å²) in [5.41, 5.74) is 1.79. The number of ether oxygens (including phenoxy) is 2. The van der Waals surface area contributed by atoms with E-state index in [9.17, 15) is 13.2 Å². The van der Waals surface area contributed by atoms with Crippen molar-refractivity contribution >= 4 is 0 Å². The van der Waals surface area contributed by atoms with Gasteiger partial charge in [0.25, 0.3) is 0 Å². The third-order valence-corrected chi connectivity index (χ3v) is 2.72. The number of hydrogen-bond donors (Lipinski definition) is 1. The van der Waals surface area contributed by atoms with Gasteiger partial charge in [0.1, 0.15) is 12.4 Å². The Bertz CT molecular complexity index is 407. The van der Waals surface area contributed by atoms with E-state index in [0.717, 1.165) is 16.9 Å². The van der Waals surface area contributed by atoms with Crippen LogP contribution in [0, 0.1) is 6.92 Å². The third kappa shape index (κ3) is 5.08. The number of likely N-dealkylation sites (N-methyl/N-ethyl adjacent to an activating group) is 1. The van der Waals surface area contributed by atoms with Gasteiger partial charge in [-0.05, 0) is 31.2 Å². The number of halogens is 3. The van der Waals surface area contributed by atoms with Gasteiger partial charge in [0.2, 0.25) is 0 Å². The fraction of sp³-hybridized carbons (Fsp3) is 0.538. The van der Waals surface area contributed by atoms with Crippen molar-refractivity contribution in [3.63, 3.8) is 0 Å². The predicted molar refractivity (Wildman–Crippen MR) is 66.4 cm³/mol. The number of methoxy groups -OCH3 is 1. The van der Waals surface area contributed by atoms with Gasteiger partial charge >= 0.3 is 6.18 Å². The van der Waals surface area contributed by atoms with Crippen LogP contribution in [0.15, 0.2) is 18.2 Å². The number of benzene rings is 1. The molecule has 0 radical (unpaired) electrons. The molecule has 6 heteroatoms. The predicted octanol–water partition coefficient (Wildman–Crippen LogP) is 2.84. The summed E-state index contributed by atoms with van der Waals surface area (Å²) in [6.45, 7) is 0.605. The number of aryl methyl sites for hydroxylation is 1. The lowest BCUT2D eigenvalue weighted by atomic mass is 10.0. The van der Waals surface area contributed by atoms with Gasteiger partial charge in [-0.25, -0.2) is 0 Å². The fourth-order valence-electron chi connectivity index (χ4n) is 1.76. The van der Waals surface area contributed by atoms with Crippen LogP contribution in [0.4, 0.5) is 13.2 Å². The average molecular weight is 277 g/mol. The van der Waals surface area contributed by atoms with Crippen LogP contribution >= 0.6 is 0 Å². The second kappa shape index (κ2) is 6.77. The van der Waals surface area contributed by atoms with Crippen molar-refractivity contribution < 1.29 is 22.6 Å². The molecule has 1 rings (SSSR count). The minimum Gasteiger partial charge on any atom is -0.496 e. The van der Waals surface area contributed by atoms with Gasteiger partial charge < -0.3 is 14.8 Å². The minimum absolute atomic E-state index is 0.0399. The van der Waals surface area contributed by atoms with Crippen molar-refractivity contribution in [1.29, 1.82) is 0 Å². The van der Waals surface area contributed by atoms with Crippen molar-refractivity contribution in [1.82, 2.24) is 5.32 Å². The van der Waals surface area contributed by atoms with Gasteiger partial charge in [-0.15, -0.1) is 0 Å². The zero-order valence-electron chi connectivity index (χ0n) is 11.2. The van der Waals surface area contributed by atoms with Gasteiger partial charge in [0.05, 0.1) is 19.8 Å². The highest BCUT2D eigenvalue weighted by Gasteiger charge is 2.28. The lowest BCUT2D eigenvalue weighted by Crippen LogP contribution is -2.25. The van der Waals surface area contributed by atoms with Crippen molar-refractivity contribution in [2.75, 3.05) is 27.4 Å². The molecule has 19 heavy (non-hydrogen) atoms. The van der Waals surface area contributed by atoms with Gasteiger partial charge in [-0.3, -0.25) is 0 Å². The van der Waals surface area contributed by atoms with Crippen LogP contribution in [-0.2, 0) is 4.74 Å². The van der Waals surface area contributed by atoms with Gasteiger partial charge in [-0.2, -0.15) is 13.2 Å². The Hall–Kier alpha value is -1.27. The highest BCUT2D eigenvalue weighted by Crippen LogP contribution is 2.23. The molecular weight excluding hydrogens is 259 g/mol. The minimum atomic E-state index is -4.30. The van der Waals surface area contributed by atoms with Crippen LogP contribution in [-0.4, -0.2) is 33.5 Å². The molecule has 0 spiro atoms. The van der Waals surface area contributed by atoms with Crippen LogP contribution in [0.2, 0.25) is 0 Å². The first kappa shape index (κ1) is 15.8. The van der Waals surface area contributed by atoms with E-state index >= 15 is 0 Å². The molecule has 0 bridgehead atoms. The Morgan fingerprint density at radius 1 is 1.32 bits per heavy atom. The lowest BCUT2D eigenvalue weighted by Gasteiger charge is -2.18. The number of rotatable bonds is 6. The molecule has 0 amide bonds. The zero-order chi connectivity index (χ0) is 14.5. The van der Waals surface area contributed by atoms with Crippen molar-refractivity contribution in [3.05, 3.63) is 29.3 Å². The summed E-state index contributed by atoms with van der Waals surface area (Å²) in [4.78, 5) is 0. The topological polar surface area (TPSA) is 30.5 Å². The Labute approximate surface area is 110 Å². The Morgan fingerprint density at radius 3 is 2.47 bits per heavy atom. The monoisotopic (exact) mass is 277 g/mol. The summed E-state index contributed by atoms with van der Waals surface area (Å²) < 4.78 is 45.9.